The van der Waals surface area contributed by atoms with Crippen molar-refractivity contribution >= 4 is 0 Å². The first kappa shape index (κ1) is 12.3. The molecule has 1 aliphatic carbocycles. The van der Waals surface area contributed by atoms with Crippen molar-refractivity contribution in [2.24, 2.45) is 0 Å². The van der Waals surface area contributed by atoms with E-state index in [0.717, 1.165) is 39.0 Å². The molecule has 2 rings (SSSR count). The molecule has 0 aromatic rings. The number of hydrogen-bond acceptors (Lipinski definition) is 3. The van der Waals surface area contributed by atoms with Gasteiger partial charge in [-0.05, 0) is 46.5 Å². The largest absolute Gasteiger partial charge is 0.390 e. The Labute approximate surface area is 98.8 Å². The molecule has 0 bridgehead atoms. The Morgan fingerprint density at radius 1 is 1.38 bits per heavy atom. The quantitative estimate of drug-likeness (QED) is 0.798. The summed E-state index contributed by atoms with van der Waals surface area (Å²) in [5.74, 6) is 0. The minimum Gasteiger partial charge on any atom is -0.390 e. The third-order valence-corrected chi connectivity index (χ3v) is 4.56. The minimum atomic E-state index is -0.345. The van der Waals surface area contributed by atoms with Crippen LogP contribution in [0.2, 0.25) is 0 Å². The molecule has 1 saturated heterocycles. The summed E-state index contributed by atoms with van der Waals surface area (Å²) < 4.78 is 5.78. The van der Waals surface area contributed by atoms with Gasteiger partial charge in [-0.2, -0.15) is 0 Å². The molecule has 2 fully saturated rings. The van der Waals surface area contributed by atoms with Crippen LogP contribution in [-0.2, 0) is 4.74 Å². The predicted molar refractivity (Wildman–Crippen MR) is 64.5 cm³/mol. The smallest absolute Gasteiger partial charge is 0.0778 e. The van der Waals surface area contributed by atoms with Crippen LogP contribution in [0, 0.1) is 0 Å². The molecule has 94 valence electrons. The summed E-state index contributed by atoms with van der Waals surface area (Å²) in [5.41, 5.74) is -0.400. The molecule has 1 N–H and O–H groups in total. The molecule has 0 unspecified atom stereocenters. The Bertz CT molecular complexity index is 248. The van der Waals surface area contributed by atoms with Crippen molar-refractivity contribution in [2.45, 2.75) is 63.7 Å². The van der Waals surface area contributed by atoms with Gasteiger partial charge in [0.1, 0.15) is 0 Å². The van der Waals surface area contributed by atoms with Gasteiger partial charge in [-0.3, -0.25) is 4.90 Å². The molecular weight excluding hydrogens is 202 g/mol. The highest BCUT2D eigenvalue weighted by Crippen LogP contribution is 2.35. The second-order valence-electron chi connectivity index (χ2n) is 5.99. The molecule has 0 spiro atoms. The number of nitrogens with zero attached hydrogens (tertiary/aromatic N) is 1. The van der Waals surface area contributed by atoms with Crippen LogP contribution in [-0.4, -0.2) is 46.9 Å². The van der Waals surface area contributed by atoms with E-state index in [1.165, 1.54) is 6.42 Å². The SMILES string of the molecule is C[C@@H]1N(CCC2(O)CCC2)CCOC1(C)C. The minimum absolute atomic E-state index is 0.0551. The molecule has 0 amide bonds. The Morgan fingerprint density at radius 3 is 2.62 bits per heavy atom. The van der Waals surface area contributed by atoms with Gasteiger partial charge in [0.15, 0.2) is 0 Å². The standard InChI is InChI=1S/C13H25NO2/c1-11-12(2,3)16-10-9-14(11)8-7-13(15)5-4-6-13/h11,15H,4-10H2,1-3H3/t11-/m0/s1. The molecular formula is C13H25NO2. The van der Waals surface area contributed by atoms with E-state index in [0.29, 0.717) is 6.04 Å². The van der Waals surface area contributed by atoms with Crippen molar-refractivity contribution in [1.82, 2.24) is 4.90 Å². The second kappa shape index (κ2) is 4.28. The fraction of sp³-hybridized carbons (Fsp3) is 1.00. The van der Waals surface area contributed by atoms with Crippen LogP contribution >= 0.6 is 0 Å². The Hall–Kier alpha value is -0.120. The van der Waals surface area contributed by atoms with E-state index in [1.807, 2.05) is 0 Å². The van der Waals surface area contributed by atoms with Crippen LogP contribution in [0.25, 0.3) is 0 Å². The number of ether oxygens (including phenoxy) is 1. The van der Waals surface area contributed by atoms with Crippen molar-refractivity contribution in [3.05, 3.63) is 0 Å². The zero-order chi connectivity index (χ0) is 11.8. The summed E-state index contributed by atoms with van der Waals surface area (Å²) in [5, 5.41) is 10.1. The van der Waals surface area contributed by atoms with Gasteiger partial charge >= 0.3 is 0 Å². The van der Waals surface area contributed by atoms with Crippen LogP contribution in [0.4, 0.5) is 0 Å². The predicted octanol–water partition coefficient (Wildman–Crippen LogP) is 1.79. The van der Waals surface area contributed by atoms with Crippen molar-refractivity contribution < 1.29 is 9.84 Å². The molecule has 3 heteroatoms. The molecule has 2 aliphatic rings. The number of rotatable bonds is 3. The zero-order valence-electron chi connectivity index (χ0n) is 10.8. The molecule has 1 saturated carbocycles. The highest BCUT2D eigenvalue weighted by Gasteiger charge is 2.38. The molecule has 1 atom stereocenters. The summed E-state index contributed by atoms with van der Waals surface area (Å²) in [4.78, 5) is 2.46. The summed E-state index contributed by atoms with van der Waals surface area (Å²) in [6, 6.07) is 0.435. The third kappa shape index (κ3) is 2.41. The van der Waals surface area contributed by atoms with Crippen LogP contribution in [0.5, 0.6) is 0 Å². The molecule has 0 radical (unpaired) electrons. The Kier molecular flexibility index (Phi) is 3.30. The lowest BCUT2D eigenvalue weighted by atomic mass is 9.77. The van der Waals surface area contributed by atoms with Gasteiger partial charge in [0.2, 0.25) is 0 Å². The van der Waals surface area contributed by atoms with E-state index < -0.39 is 0 Å². The van der Waals surface area contributed by atoms with Crippen LogP contribution in [0.1, 0.15) is 46.5 Å². The second-order valence-corrected chi connectivity index (χ2v) is 5.99. The van der Waals surface area contributed by atoms with Crippen molar-refractivity contribution in [2.75, 3.05) is 19.7 Å². The van der Waals surface area contributed by atoms with Crippen LogP contribution in [0.3, 0.4) is 0 Å². The maximum atomic E-state index is 10.1. The fourth-order valence-electron chi connectivity index (χ4n) is 2.67. The van der Waals surface area contributed by atoms with E-state index in [2.05, 4.69) is 25.7 Å². The summed E-state index contributed by atoms with van der Waals surface area (Å²) in [7, 11) is 0. The molecule has 3 nitrogen and oxygen atoms in total. The highest BCUT2D eigenvalue weighted by molar-refractivity contribution is 4.92. The van der Waals surface area contributed by atoms with Crippen LogP contribution < -0.4 is 0 Å². The lowest BCUT2D eigenvalue weighted by Gasteiger charge is -2.46. The molecule has 0 aromatic carbocycles. The lowest BCUT2D eigenvalue weighted by Crippen LogP contribution is -2.56. The average Bonchev–Trinajstić information content (AvgIpc) is 2.17. The maximum Gasteiger partial charge on any atom is 0.0778 e. The maximum absolute atomic E-state index is 10.1. The van der Waals surface area contributed by atoms with Gasteiger partial charge in [0.25, 0.3) is 0 Å². The summed E-state index contributed by atoms with van der Waals surface area (Å²) in [6.07, 6.45) is 4.11. The number of aliphatic hydroxyl groups is 1. The normalized spacial score (nSPS) is 33.4. The monoisotopic (exact) mass is 227 g/mol. The van der Waals surface area contributed by atoms with Crippen molar-refractivity contribution in [1.29, 1.82) is 0 Å². The van der Waals surface area contributed by atoms with E-state index in [1.54, 1.807) is 0 Å². The zero-order valence-corrected chi connectivity index (χ0v) is 10.8. The van der Waals surface area contributed by atoms with Gasteiger partial charge in [-0.1, -0.05) is 0 Å². The van der Waals surface area contributed by atoms with Gasteiger partial charge in [0.05, 0.1) is 17.8 Å². The van der Waals surface area contributed by atoms with Crippen molar-refractivity contribution in [3.63, 3.8) is 0 Å². The molecule has 1 aliphatic heterocycles. The average molecular weight is 227 g/mol. The lowest BCUT2D eigenvalue weighted by molar-refractivity contribution is -0.129. The van der Waals surface area contributed by atoms with E-state index >= 15 is 0 Å². The third-order valence-electron chi connectivity index (χ3n) is 4.56. The van der Waals surface area contributed by atoms with E-state index in [-0.39, 0.29) is 11.2 Å². The molecule has 0 aromatic heterocycles. The Balaban J connectivity index is 1.84. The van der Waals surface area contributed by atoms with E-state index in [4.69, 9.17) is 4.74 Å². The van der Waals surface area contributed by atoms with Gasteiger partial charge < -0.3 is 9.84 Å². The first-order valence-electron chi connectivity index (χ1n) is 6.53. The molecule has 16 heavy (non-hydrogen) atoms. The van der Waals surface area contributed by atoms with Gasteiger partial charge in [0, 0.05) is 19.1 Å². The van der Waals surface area contributed by atoms with Crippen LogP contribution in [0.15, 0.2) is 0 Å². The first-order chi connectivity index (χ1) is 7.43. The van der Waals surface area contributed by atoms with E-state index in [9.17, 15) is 5.11 Å². The Morgan fingerprint density at radius 2 is 2.06 bits per heavy atom. The molecule has 1 heterocycles. The highest BCUT2D eigenvalue weighted by atomic mass is 16.5. The first-order valence-corrected chi connectivity index (χ1v) is 6.53. The topological polar surface area (TPSA) is 32.7 Å². The van der Waals surface area contributed by atoms with Crippen molar-refractivity contribution in [3.8, 4) is 0 Å². The van der Waals surface area contributed by atoms with Gasteiger partial charge in [-0.25, -0.2) is 0 Å². The number of morpholine rings is 1. The summed E-state index contributed by atoms with van der Waals surface area (Å²) >= 11 is 0. The number of hydrogen-bond donors (Lipinski definition) is 1. The van der Waals surface area contributed by atoms with Gasteiger partial charge in [-0.15, -0.1) is 0 Å². The summed E-state index contributed by atoms with van der Waals surface area (Å²) in [6.45, 7) is 9.36. The fourth-order valence-corrected chi connectivity index (χ4v) is 2.67.